The van der Waals surface area contributed by atoms with Gasteiger partial charge in [0, 0.05) is 44.0 Å². The molecule has 1 saturated carbocycles. The molecule has 2 N–H and O–H groups in total. The zero-order valence-electron chi connectivity index (χ0n) is 20.0. The van der Waals surface area contributed by atoms with Crippen LogP contribution in [0.3, 0.4) is 0 Å². The van der Waals surface area contributed by atoms with Crippen molar-refractivity contribution in [1.82, 2.24) is 20.4 Å². The third kappa shape index (κ3) is 4.75. The Kier molecular flexibility index (Phi) is 6.34. The van der Waals surface area contributed by atoms with Crippen LogP contribution in [0.1, 0.15) is 41.9 Å². The van der Waals surface area contributed by atoms with Crippen molar-refractivity contribution in [2.75, 3.05) is 25.0 Å². The van der Waals surface area contributed by atoms with Crippen LogP contribution < -0.4 is 10.2 Å². The summed E-state index contributed by atoms with van der Waals surface area (Å²) in [6.07, 6.45) is 4.37. The summed E-state index contributed by atoms with van der Waals surface area (Å²) in [6, 6.07) is 11.8. The predicted octanol–water partition coefficient (Wildman–Crippen LogP) is 4.16. The highest BCUT2D eigenvalue weighted by Crippen LogP contribution is 2.51. The minimum atomic E-state index is -1.00. The van der Waals surface area contributed by atoms with E-state index >= 15 is 0 Å². The monoisotopic (exact) mass is 493 g/mol. The van der Waals surface area contributed by atoms with Crippen molar-refractivity contribution in [3.05, 3.63) is 65.9 Å². The second kappa shape index (κ2) is 9.60. The minimum absolute atomic E-state index is 0.0660. The van der Waals surface area contributed by atoms with Crippen molar-refractivity contribution in [3.63, 3.8) is 0 Å². The first-order valence-corrected chi connectivity index (χ1v) is 12.0. The van der Waals surface area contributed by atoms with Crippen LogP contribution in [0, 0.1) is 11.2 Å². The Morgan fingerprint density at radius 2 is 1.86 bits per heavy atom. The fourth-order valence-corrected chi connectivity index (χ4v) is 5.31. The van der Waals surface area contributed by atoms with E-state index in [0.29, 0.717) is 5.76 Å². The third-order valence-corrected chi connectivity index (χ3v) is 7.44. The van der Waals surface area contributed by atoms with Gasteiger partial charge in [-0.2, -0.15) is 0 Å². The number of rotatable bonds is 6. The Hall–Kier alpha value is -3.95. The number of carboxylic acid groups (broad SMARTS) is 1. The van der Waals surface area contributed by atoms with Crippen LogP contribution in [-0.4, -0.2) is 58.3 Å². The summed E-state index contributed by atoms with van der Waals surface area (Å²) in [6.45, 7) is 1.79. The zero-order chi connectivity index (χ0) is 25.3. The number of piperidine rings is 1. The summed E-state index contributed by atoms with van der Waals surface area (Å²) in [7, 11) is 1.50. The lowest BCUT2D eigenvalue weighted by molar-refractivity contribution is -0.0149. The maximum absolute atomic E-state index is 13.2. The second-order valence-corrected chi connectivity index (χ2v) is 9.63. The van der Waals surface area contributed by atoms with Crippen molar-refractivity contribution >= 4 is 17.8 Å². The summed E-state index contributed by atoms with van der Waals surface area (Å²) in [5.41, 5.74) is 2.13. The van der Waals surface area contributed by atoms with Gasteiger partial charge in [0.05, 0.1) is 6.54 Å². The number of anilines is 1. The lowest BCUT2D eigenvalue weighted by Crippen LogP contribution is -2.56. The number of benzene rings is 1. The number of aromatic nitrogens is 2. The van der Waals surface area contributed by atoms with E-state index in [0.717, 1.165) is 55.7 Å². The predicted molar refractivity (Wildman–Crippen MR) is 130 cm³/mol. The molecule has 0 atom stereocenters. The van der Waals surface area contributed by atoms with Crippen LogP contribution >= 0.6 is 0 Å². The highest BCUT2D eigenvalue weighted by Gasteiger charge is 2.49. The van der Waals surface area contributed by atoms with Gasteiger partial charge in [-0.25, -0.2) is 14.2 Å². The standard InChI is InChI=1S/C26H28FN5O4/c1-28-24(33)22-12-21(36-30-22)16-32(25(34)35)20-13-26(14-20)8-10-31(11-9-26)23-7-4-18(15-29-23)17-2-5-19(27)6-3-17/h2-7,12,15,20H,8-11,13-14,16H2,1H3,(H,28,33)(H,34,35). The van der Waals surface area contributed by atoms with E-state index in [1.807, 2.05) is 18.3 Å². The highest BCUT2D eigenvalue weighted by atomic mass is 19.1. The molecule has 3 heterocycles. The molecule has 0 radical (unpaired) electrons. The first kappa shape index (κ1) is 23.8. The molecule has 0 unspecified atom stereocenters. The molecular formula is C26H28FN5O4. The van der Waals surface area contributed by atoms with Gasteiger partial charge < -0.3 is 19.8 Å². The van der Waals surface area contributed by atoms with Gasteiger partial charge in [0.2, 0.25) is 0 Å². The molecule has 1 aliphatic carbocycles. The van der Waals surface area contributed by atoms with Gasteiger partial charge in [0.1, 0.15) is 11.6 Å². The molecule has 1 aliphatic heterocycles. The lowest BCUT2D eigenvalue weighted by Gasteiger charge is -2.54. The van der Waals surface area contributed by atoms with E-state index in [1.54, 1.807) is 12.1 Å². The number of pyridine rings is 1. The van der Waals surface area contributed by atoms with E-state index in [1.165, 1.54) is 30.1 Å². The number of carbonyl (C=O) groups excluding carboxylic acids is 1. The summed E-state index contributed by atoms with van der Waals surface area (Å²) in [5, 5.41) is 16.0. The number of nitrogens with one attached hydrogen (secondary N) is 1. The number of hydrogen-bond donors (Lipinski definition) is 2. The van der Waals surface area contributed by atoms with Gasteiger partial charge in [-0.05, 0) is 60.9 Å². The third-order valence-electron chi connectivity index (χ3n) is 7.44. The molecule has 36 heavy (non-hydrogen) atoms. The Balaban J connectivity index is 1.16. The van der Waals surface area contributed by atoms with E-state index in [9.17, 15) is 19.1 Å². The fourth-order valence-electron chi connectivity index (χ4n) is 5.31. The van der Waals surface area contributed by atoms with E-state index in [2.05, 4.69) is 20.4 Å². The molecule has 0 bridgehead atoms. The maximum atomic E-state index is 13.2. The molecule has 2 aromatic heterocycles. The molecule has 2 amide bonds. The summed E-state index contributed by atoms with van der Waals surface area (Å²) in [4.78, 5) is 31.9. The van der Waals surface area contributed by atoms with Crippen molar-refractivity contribution in [2.45, 2.75) is 38.3 Å². The Morgan fingerprint density at radius 3 is 2.47 bits per heavy atom. The Morgan fingerprint density at radius 1 is 1.17 bits per heavy atom. The van der Waals surface area contributed by atoms with Crippen LogP contribution in [0.25, 0.3) is 11.1 Å². The summed E-state index contributed by atoms with van der Waals surface area (Å²) in [5.74, 6) is 0.627. The zero-order valence-corrected chi connectivity index (χ0v) is 20.0. The number of halogens is 1. The molecule has 1 aromatic carbocycles. The minimum Gasteiger partial charge on any atom is -0.465 e. The van der Waals surface area contributed by atoms with E-state index in [4.69, 9.17) is 4.52 Å². The van der Waals surface area contributed by atoms with Gasteiger partial charge >= 0.3 is 6.09 Å². The Bertz CT molecular complexity index is 1230. The Labute approximate surface area is 207 Å². The van der Waals surface area contributed by atoms with Gasteiger partial charge in [-0.3, -0.25) is 9.69 Å². The van der Waals surface area contributed by atoms with Gasteiger partial charge in [0.25, 0.3) is 5.91 Å². The van der Waals surface area contributed by atoms with Gasteiger partial charge in [-0.15, -0.1) is 0 Å². The highest BCUT2D eigenvalue weighted by molar-refractivity contribution is 5.91. The second-order valence-electron chi connectivity index (χ2n) is 9.63. The van der Waals surface area contributed by atoms with Crippen LogP contribution in [0.5, 0.6) is 0 Å². The SMILES string of the molecule is CNC(=O)c1cc(CN(C(=O)O)C2CC3(CCN(c4ccc(-c5ccc(F)cc5)cn4)CC3)C2)on1. The molecule has 1 saturated heterocycles. The summed E-state index contributed by atoms with van der Waals surface area (Å²) < 4.78 is 18.4. The molecule has 9 nitrogen and oxygen atoms in total. The van der Waals surface area contributed by atoms with Crippen molar-refractivity contribution in [1.29, 1.82) is 0 Å². The smallest absolute Gasteiger partial charge is 0.407 e. The number of carbonyl (C=O) groups is 2. The van der Waals surface area contributed by atoms with Gasteiger partial charge in [0.15, 0.2) is 11.5 Å². The van der Waals surface area contributed by atoms with Crippen LogP contribution in [-0.2, 0) is 6.54 Å². The largest absolute Gasteiger partial charge is 0.465 e. The molecule has 2 fully saturated rings. The topological polar surface area (TPSA) is 112 Å². The molecular weight excluding hydrogens is 465 g/mol. The molecule has 10 heteroatoms. The first-order valence-electron chi connectivity index (χ1n) is 12.0. The van der Waals surface area contributed by atoms with E-state index in [-0.39, 0.29) is 35.4 Å². The first-order chi connectivity index (χ1) is 17.4. The number of hydrogen-bond acceptors (Lipinski definition) is 6. The van der Waals surface area contributed by atoms with Crippen molar-refractivity contribution in [2.24, 2.45) is 5.41 Å². The normalized spacial score (nSPS) is 17.0. The van der Waals surface area contributed by atoms with Crippen LogP contribution in [0.2, 0.25) is 0 Å². The molecule has 2 aliphatic rings. The molecule has 5 rings (SSSR count). The molecule has 1 spiro atoms. The maximum Gasteiger partial charge on any atom is 0.407 e. The number of nitrogens with zero attached hydrogens (tertiary/aromatic N) is 4. The molecule has 188 valence electrons. The van der Waals surface area contributed by atoms with E-state index < -0.39 is 6.09 Å². The van der Waals surface area contributed by atoms with Gasteiger partial charge in [-0.1, -0.05) is 17.3 Å². The number of amides is 2. The molecule has 3 aromatic rings. The van der Waals surface area contributed by atoms with Crippen molar-refractivity contribution in [3.8, 4) is 11.1 Å². The average Bonchev–Trinajstić information content (AvgIpc) is 3.35. The fraction of sp³-hybridized carbons (Fsp3) is 0.385. The quantitative estimate of drug-likeness (QED) is 0.530. The van der Waals surface area contributed by atoms with Crippen molar-refractivity contribution < 1.29 is 23.6 Å². The lowest BCUT2D eigenvalue weighted by atomic mass is 9.60. The van der Waals surface area contributed by atoms with Crippen LogP contribution in [0.15, 0.2) is 53.2 Å². The van der Waals surface area contributed by atoms with Crippen LogP contribution in [0.4, 0.5) is 15.0 Å². The summed E-state index contributed by atoms with van der Waals surface area (Å²) >= 11 is 0. The average molecular weight is 494 g/mol.